The summed E-state index contributed by atoms with van der Waals surface area (Å²) in [5.74, 6) is 0.469. The molecule has 0 aliphatic carbocycles. The van der Waals surface area contributed by atoms with Crippen LogP contribution in [0.5, 0.6) is 5.75 Å². The van der Waals surface area contributed by atoms with Gasteiger partial charge in [0.05, 0.1) is 5.11 Å². The summed E-state index contributed by atoms with van der Waals surface area (Å²) in [5.41, 5.74) is 2.72. The Kier molecular flexibility index (Phi) is 3.46. The monoisotopic (exact) mass is 257 g/mol. The predicted molar refractivity (Wildman–Crippen MR) is 71.9 cm³/mol. The highest BCUT2D eigenvalue weighted by atomic mass is 16.5. The van der Waals surface area contributed by atoms with Gasteiger partial charge in [-0.05, 0) is 61.3 Å². The van der Waals surface area contributed by atoms with Gasteiger partial charge >= 0.3 is 5.82 Å². The molecular formula is C14H15N3O2. The fourth-order valence-corrected chi connectivity index (χ4v) is 1.66. The average molecular weight is 257 g/mol. The fourth-order valence-electron chi connectivity index (χ4n) is 1.66. The molecule has 0 aliphatic heterocycles. The molecule has 19 heavy (non-hydrogen) atoms. The van der Waals surface area contributed by atoms with Crippen molar-refractivity contribution in [2.45, 2.75) is 20.8 Å². The number of rotatable bonds is 2. The Bertz CT molecular complexity index is 651. The number of pyridine rings is 1. The van der Waals surface area contributed by atoms with Crippen LogP contribution in [0.15, 0.2) is 40.6 Å². The van der Waals surface area contributed by atoms with E-state index in [1.165, 1.54) is 0 Å². The maximum atomic E-state index is 11.7. The van der Waals surface area contributed by atoms with Crippen LogP contribution >= 0.6 is 0 Å². The van der Waals surface area contributed by atoms with Gasteiger partial charge in [-0.2, -0.15) is 0 Å². The van der Waals surface area contributed by atoms with Crippen LogP contribution in [0.4, 0.5) is 11.5 Å². The smallest absolute Gasteiger partial charge is 0.353 e. The first-order valence-electron chi connectivity index (χ1n) is 5.90. The summed E-state index contributed by atoms with van der Waals surface area (Å²) in [6.45, 7) is 5.32. The highest BCUT2D eigenvalue weighted by Gasteiger charge is 2.08. The molecular weight excluding hydrogens is 242 g/mol. The molecule has 0 atom stereocenters. The van der Waals surface area contributed by atoms with Gasteiger partial charge in [-0.15, -0.1) is 0 Å². The molecule has 1 heterocycles. The Morgan fingerprint density at radius 2 is 1.79 bits per heavy atom. The van der Waals surface area contributed by atoms with Crippen molar-refractivity contribution in [1.82, 2.24) is 0 Å². The molecule has 1 aromatic carbocycles. The lowest BCUT2D eigenvalue weighted by molar-refractivity contribution is -0.598. The molecule has 98 valence electrons. The zero-order valence-electron chi connectivity index (χ0n) is 11.1. The highest BCUT2D eigenvalue weighted by Crippen LogP contribution is 2.28. The number of hydrogen-bond donors (Lipinski definition) is 1. The van der Waals surface area contributed by atoms with E-state index in [0.29, 0.717) is 11.4 Å². The van der Waals surface area contributed by atoms with Gasteiger partial charge in [0.15, 0.2) is 0 Å². The van der Waals surface area contributed by atoms with Crippen LogP contribution in [-0.2, 0) is 0 Å². The number of hydrogen-bond acceptors (Lipinski definition) is 4. The Balaban J connectivity index is 2.38. The van der Waals surface area contributed by atoms with E-state index in [0.717, 1.165) is 15.9 Å². The second-order valence-electron chi connectivity index (χ2n) is 4.44. The molecule has 0 unspecified atom stereocenters. The predicted octanol–water partition coefficient (Wildman–Crippen LogP) is 3.37. The lowest BCUT2D eigenvalue weighted by atomic mass is 10.1. The Morgan fingerprint density at radius 3 is 2.53 bits per heavy atom. The maximum Gasteiger partial charge on any atom is 0.353 e. The van der Waals surface area contributed by atoms with E-state index in [1.54, 1.807) is 44.2 Å². The van der Waals surface area contributed by atoms with Crippen LogP contribution in [0.3, 0.4) is 0 Å². The molecule has 0 aliphatic rings. The number of nitrogens with zero attached hydrogens (tertiary/aromatic N) is 3. The van der Waals surface area contributed by atoms with E-state index >= 15 is 0 Å². The van der Waals surface area contributed by atoms with Gasteiger partial charge in [0, 0.05) is 6.07 Å². The van der Waals surface area contributed by atoms with Gasteiger partial charge in [0.1, 0.15) is 17.1 Å². The summed E-state index contributed by atoms with van der Waals surface area (Å²) in [6.07, 6.45) is 0. The minimum Gasteiger partial charge on any atom is -0.710 e. The van der Waals surface area contributed by atoms with Crippen molar-refractivity contribution in [2.75, 3.05) is 0 Å². The number of azo groups is 1. The molecule has 1 aromatic heterocycles. The van der Waals surface area contributed by atoms with Gasteiger partial charge in [0.25, 0.3) is 0 Å². The number of aromatic hydroxyl groups is 1. The van der Waals surface area contributed by atoms with E-state index in [9.17, 15) is 10.3 Å². The van der Waals surface area contributed by atoms with Gasteiger partial charge in [-0.25, -0.2) is 4.73 Å². The molecule has 0 saturated heterocycles. The van der Waals surface area contributed by atoms with Gasteiger partial charge in [0.2, 0.25) is 0 Å². The number of aromatic nitrogens is 1. The van der Waals surface area contributed by atoms with Crippen molar-refractivity contribution >= 4 is 11.5 Å². The molecule has 5 nitrogen and oxygen atoms in total. The minimum atomic E-state index is 0.228. The summed E-state index contributed by atoms with van der Waals surface area (Å²) >= 11 is 0. The molecule has 0 saturated carbocycles. The molecule has 5 heteroatoms. The van der Waals surface area contributed by atoms with E-state index in [-0.39, 0.29) is 11.6 Å². The van der Waals surface area contributed by atoms with Crippen LogP contribution in [0, 0.1) is 26.0 Å². The molecule has 2 rings (SSSR count). The summed E-state index contributed by atoms with van der Waals surface area (Å²) in [4.78, 5) is 0. The van der Waals surface area contributed by atoms with Crippen molar-refractivity contribution < 1.29 is 9.84 Å². The van der Waals surface area contributed by atoms with Crippen LogP contribution in [0.1, 0.15) is 16.8 Å². The number of benzene rings is 1. The van der Waals surface area contributed by atoms with Crippen molar-refractivity contribution in [2.24, 2.45) is 10.2 Å². The van der Waals surface area contributed by atoms with Crippen molar-refractivity contribution in [1.29, 1.82) is 0 Å². The quantitative estimate of drug-likeness (QED) is 0.509. The highest BCUT2D eigenvalue weighted by molar-refractivity contribution is 5.52. The van der Waals surface area contributed by atoms with Crippen LogP contribution in [-0.4, -0.2) is 5.11 Å². The van der Waals surface area contributed by atoms with Crippen molar-refractivity contribution in [3.63, 3.8) is 0 Å². The molecule has 2 aromatic rings. The Labute approximate surface area is 111 Å². The topological polar surface area (TPSA) is 71.9 Å². The first kappa shape index (κ1) is 13.0. The third-order valence-corrected chi connectivity index (χ3v) is 2.89. The first-order valence-corrected chi connectivity index (χ1v) is 5.90. The third-order valence-electron chi connectivity index (χ3n) is 2.89. The zero-order valence-corrected chi connectivity index (χ0v) is 11.1. The van der Waals surface area contributed by atoms with E-state index < -0.39 is 0 Å². The lowest BCUT2D eigenvalue weighted by Gasteiger charge is -2.05. The van der Waals surface area contributed by atoms with E-state index in [2.05, 4.69) is 10.2 Å². The molecule has 0 radical (unpaired) electrons. The SMILES string of the molecule is Cc1cc(N=Nc2cccc(C)[n+]2[O-])c(C)cc1O. The second-order valence-corrected chi connectivity index (χ2v) is 4.44. The van der Waals surface area contributed by atoms with E-state index in [4.69, 9.17) is 0 Å². The normalized spacial score (nSPS) is 11.1. The van der Waals surface area contributed by atoms with Crippen LogP contribution in [0.25, 0.3) is 0 Å². The number of phenolic OH excluding ortho intramolecular Hbond substituents is 1. The molecule has 0 bridgehead atoms. The van der Waals surface area contributed by atoms with Gasteiger partial charge in [-0.1, -0.05) is 0 Å². The lowest BCUT2D eigenvalue weighted by Crippen LogP contribution is -2.29. The fraction of sp³-hybridized carbons (Fsp3) is 0.214. The Morgan fingerprint density at radius 1 is 1.05 bits per heavy atom. The largest absolute Gasteiger partial charge is 0.710 e. The maximum absolute atomic E-state index is 11.7. The number of phenols is 1. The standard InChI is InChI=1S/C14H15N3O2/c1-9-8-13(18)10(2)7-12(9)15-16-14-6-4-5-11(3)17(14)19/h4-8,18H,1-3H3. The molecule has 1 N–H and O–H groups in total. The van der Waals surface area contributed by atoms with E-state index in [1.807, 2.05) is 6.92 Å². The van der Waals surface area contributed by atoms with Crippen molar-refractivity contribution in [3.05, 3.63) is 52.4 Å². The second kappa shape index (κ2) is 5.06. The summed E-state index contributed by atoms with van der Waals surface area (Å²) in [6, 6.07) is 8.44. The van der Waals surface area contributed by atoms with Crippen LogP contribution < -0.4 is 4.73 Å². The van der Waals surface area contributed by atoms with Crippen LogP contribution in [0.2, 0.25) is 0 Å². The summed E-state index contributed by atoms with van der Waals surface area (Å²) < 4.78 is 0.728. The minimum absolute atomic E-state index is 0.228. The molecule has 0 amide bonds. The molecule has 0 spiro atoms. The van der Waals surface area contributed by atoms with Gasteiger partial charge < -0.3 is 10.3 Å². The number of aryl methyl sites for hydroxylation is 3. The first-order chi connectivity index (χ1) is 8.99. The zero-order chi connectivity index (χ0) is 14.0. The molecule has 0 fully saturated rings. The third kappa shape index (κ3) is 2.70. The Hall–Kier alpha value is -2.43. The summed E-state index contributed by atoms with van der Waals surface area (Å²) in [5, 5.41) is 29.3. The summed E-state index contributed by atoms with van der Waals surface area (Å²) in [7, 11) is 0. The van der Waals surface area contributed by atoms with Gasteiger partial charge in [-0.3, -0.25) is 0 Å². The average Bonchev–Trinajstić information content (AvgIpc) is 2.37. The van der Waals surface area contributed by atoms with Crippen molar-refractivity contribution in [3.8, 4) is 5.75 Å².